The van der Waals surface area contributed by atoms with E-state index in [-0.39, 0.29) is 49.3 Å². The summed E-state index contributed by atoms with van der Waals surface area (Å²) in [7, 11) is -4.67. The van der Waals surface area contributed by atoms with Crippen LogP contribution in [0.3, 0.4) is 0 Å². The molecule has 8 rings (SSSR count). The van der Waals surface area contributed by atoms with Crippen molar-refractivity contribution in [2.75, 3.05) is 96.8 Å². The number of nitrogens with one attached hydrogen (secondary N) is 2. The van der Waals surface area contributed by atoms with Crippen LogP contribution in [-0.4, -0.2) is 148 Å². The number of allylic oxidation sites excluding steroid dienone is 1. The Morgan fingerprint density at radius 3 is 2.42 bits per heavy atom. The second-order valence-corrected chi connectivity index (χ2v) is 20.0. The van der Waals surface area contributed by atoms with Crippen molar-refractivity contribution in [3.63, 3.8) is 0 Å². The molecular weight excluding hydrogens is 928 g/mol. The first-order valence-electron chi connectivity index (χ1n) is 23.0. The van der Waals surface area contributed by atoms with E-state index in [0.717, 1.165) is 55.3 Å². The van der Waals surface area contributed by atoms with E-state index in [1.807, 2.05) is 23.1 Å². The Balaban J connectivity index is 0.954. The monoisotopic (exact) mass is 984 g/mol. The van der Waals surface area contributed by atoms with Crippen LogP contribution in [0.1, 0.15) is 43.1 Å². The van der Waals surface area contributed by atoms with Gasteiger partial charge in [0.1, 0.15) is 29.9 Å². The lowest BCUT2D eigenvalue weighted by atomic mass is 9.92. The van der Waals surface area contributed by atoms with Gasteiger partial charge in [-0.05, 0) is 78.9 Å². The highest BCUT2D eigenvalue weighted by Crippen LogP contribution is 2.34. The van der Waals surface area contributed by atoms with Gasteiger partial charge in [-0.3, -0.25) is 29.5 Å². The van der Waals surface area contributed by atoms with Gasteiger partial charge in [0.15, 0.2) is 5.75 Å². The first kappa shape index (κ1) is 49.3. The highest BCUT2D eigenvalue weighted by Gasteiger charge is 2.30. The zero-order valence-corrected chi connectivity index (χ0v) is 40.5. The number of halogens is 1. The van der Waals surface area contributed by atoms with Gasteiger partial charge in [-0.25, -0.2) is 18.1 Å². The van der Waals surface area contributed by atoms with Crippen molar-refractivity contribution in [3.8, 4) is 17.2 Å². The first-order valence-corrected chi connectivity index (χ1v) is 24.9. The number of ether oxygens (including phenoxy) is 4. The Morgan fingerprint density at radius 2 is 1.68 bits per heavy atom. The number of pyridine rings is 1. The molecule has 69 heavy (non-hydrogen) atoms. The van der Waals surface area contributed by atoms with Crippen molar-refractivity contribution in [3.05, 3.63) is 117 Å². The van der Waals surface area contributed by atoms with Gasteiger partial charge in [-0.15, -0.1) is 0 Å². The summed E-state index contributed by atoms with van der Waals surface area (Å²) in [6, 6.07) is 19.7. The van der Waals surface area contributed by atoms with Crippen LogP contribution in [0, 0.1) is 16.0 Å². The minimum absolute atomic E-state index is 0.0622. The summed E-state index contributed by atoms with van der Waals surface area (Å²) in [5.74, 6) is -0.398. The van der Waals surface area contributed by atoms with E-state index in [4.69, 9.17) is 30.5 Å². The number of nitrogens with zero attached hydrogens (tertiary/aromatic N) is 6. The van der Waals surface area contributed by atoms with Crippen LogP contribution in [-0.2, 0) is 24.3 Å². The number of aromatic amines is 1. The molecule has 3 aliphatic rings. The Kier molecular flexibility index (Phi) is 15.8. The van der Waals surface area contributed by atoms with Gasteiger partial charge in [0, 0.05) is 86.8 Å². The maximum Gasteiger partial charge on any atom is 0.312 e. The van der Waals surface area contributed by atoms with E-state index in [2.05, 4.69) is 57.4 Å². The topological polar surface area (TPSA) is 202 Å². The lowest BCUT2D eigenvalue weighted by Gasteiger charge is -2.37. The second-order valence-electron chi connectivity index (χ2n) is 17.8. The van der Waals surface area contributed by atoms with E-state index in [1.165, 1.54) is 29.0 Å². The molecule has 0 unspecified atom stereocenters. The van der Waals surface area contributed by atoms with Gasteiger partial charge < -0.3 is 33.7 Å². The van der Waals surface area contributed by atoms with Crippen molar-refractivity contribution < 1.29 is 41.9 Å². The fourth-order valence-corrected chi connectivity index (χ4v) is 9.83. The van der Waals surface area contributed by atoms with Crippen molar-refractivity contribution in [1.82, 2.24) is 29.4 Å². The number of rotatable bonds is 17. The number of benzene rings is 3. The number of H-pyrrole nitrogens is 1. The Morgan fingerprint density at radius 1 is 0.928 bits per heavy atom. The third-order valence-corrected chi connectivity index (χ3v) is 14.0. The van der Waals surface area contributed by atoms with Crippen molar-refractivity contribution in [2.45, 2.75) is 38.2 Å². The standard InChI is InChI=1S/C49H57ClN8O10S/c1-33(2)24-43(35-4-6-37(50)7-5-35)34(3)29-54-14-16-56(17-15-54)38-8-10-42(46(26-38)68-39-25-36-12-13-51-48(36)52-28-39)49(60)53-69(63,64)41-9-11-45(44(27-41)58(61)62)67-32-40-30-57(20-23-66-40)47(59)31-55-18-21-65-22-19-55/h4-13,25-28,33,40H,14-24,29-32H2,1-3H3,(H,51,52)(H,53,60)/b43-34-/t40-/m1/s1. The number of piperazine rings is 1. The number of sulfonamides is 1. The number of morpholine rings is 2. The molecule has 20 heteroatoms. The van der Waals surface area contributed by atoms with Gasteiger partial charge >= 0.3 is 5.69 Å². The molecule has 366 valence electrons. The van der Waals surface area contributed by atoms with Crippen LogP contribution < -0.4 is 19.1 Å². The summed E-state index contributed by atoms with van der Waals surface area (Å²) < 4.78 is 53.0. The Hall–Kier alpha value is -6.09. The van der Waals surface area contributed by atoms with Crippen LogP contribution in [0.4, 0.5) is 11.4 Å². The number of nitro groups is 1. The summed E-state index contributed by atoms with van der Waals surface area (Å²) in [5, 5.41) is 13.7. The molecule has 0 radical (unpaired) electrons. The predicted molar refractivity (Wildman–Crippen MR) is 262 cm³/mol. The molecule has 0 spiro atoms. The molecule has 2 N–H and O–H groups in total. The summed E-state index contributed by atoms with van der Waals surface area (Å²) in [6.07, 6.45) is 3.61. The molecule has 5 aromatic rings. The largest absolute Gasteiger partial charge is 0.484 e. The van der Waals surface area contributed by atoms with E-state index >= 15 is 0 Å². The molecule has 3 saturated heterocycles. The van der Waals surface area contributed by atoms with E-state index < -0.39 is 37.5 Å². The van der Waals surface area contributed by atoms with Crippen molar-refractivity contribution in [2.24, 2.45) is 5.92 Å². The molecular formula is C49H57ClN8O10S. The normalized spacial score (nSPS) is 17.7. The van der Waals surface area contributed by atoms with E-state index in [9.17, 15) is 28.1 Å². The van der Waals surface area contributed by atoms with Gasteiger partial charge in [0.05, 0.1) is 54.5 Å². The number of amides is 2. The predicted octanol–water partition coefficient (Wildman–Crippen LogP) is 6.62. The molecule has 1 atom stereocenters. The molecule has 3 aromatic carbocycles. The molecule has 2 amide bonds. The number of hydrogen-bond donors (Lipinski definition) is 2. The van der Waals surface area contributed by atoms with Gasteiger partial charge in [-0.1, -0.05) is 43.2 Å². The van der Waals surface area contributed by atoms with Gasteiger partial charge in [0.25, 0.3) is 15.9 Å². The first-order chi connectivity index (χ1) is 33.2. The number of carbonyl (C=O) groups is 2. The second kappa shape index (κ2) is 22.1. The maximum atomic E-state index is 14.0. The molecule has 5 heterocycles. The Bertz CT molecular complexity index is 2790. The number of nitro benzene ring substituents is 1. The third kappa shape index (κ3) is 12.6. The van der Waals surface area contributed by atoms with Crippen molar-refractivity contribution >= 4 is 61.4 Å². The van der Waals surface area contributed by atoms with Gasteiger partial charge in [0.2, 0.25) is 5.91 Å². The fourth-order valence-electron chi connectivity index (χ4n) is 8.72. The summed E-state index contributed by atoms with van der Waals surface area (Å²) in [6.45, 7) is 13.8. The van der Waals surface area contributed by atoms with E-state index in [0.29, 0.717) is 68.3 Å². The van der Waals surface area contributed by atoms with Gasteiger partial charge in [-0.2, -0.15) is 0 Å². The molecule has 18 nitrogen and oxygen atoms in total. The van der Waals surface area contributed by atoms with Crippen LogP contribution >= 0.6 is 11.6 Å². The van der Waals surface area contributed by atoms with E-state index in [1.54, 1.807) is 29.3 Å². The lowest BCUT2D eigenvalue weighted by Crippen LogP contribution is -2.51. The fraction of sp³-hybridized carbons (Fsp3) is 0.408. The average Bonchev–Trinajstić information content (AvgIpc) is 3.81. The SMILES string of the molecule is C/C(CN1CCN(c2ccc(C(=O)NS(=O)(=O)c3ccc(OC[C@H]4CN(C(=O)CN5CCOCC5)CCO4)c([N+](=O)[O-])c3)c(Oc3cnc4[nH]ccc4c3)c2)CC1)=C(\CC(C)C)c1ccc(Cl)cc1. The van der Waals surface area contributed by atoms with Crippen LogP contribution in [0.2, 0.25) is 5.02 Å². The zero-order chi connectivity index (χ0) is 48.7. The summed E-state index contributed by atoms with van der Waals surface area (Å²) >= 11 is 6.21. The molecule has 3 fully saturated rings. The molecule has 0 aliphatic carbocycles. The third-order valence-electron chi connectivity index (χ3n) is 12.4. The maximum absolute atomic E-state index is 14.0. The smallest absolute Gasteiger partial charge is 0.312 e. The molecule has 0 saturated carbocycles. The van der Waals surface area contributed by atoms with Crippen LogP contribution in [0.15, 0.2) is 95.7 Å². The highest BCUT2D eigenvalue weighted by molar-refractivity contribution is 7.90. The van der Waals surface area contributed by atoms with Crippen LogP contribution in [0.25, 0.3) is 16.6 Å². The Labute approximate surface area is 406 Å². The molecule has 0 bridgehead atoms. The highest BCUT2D eigenvalue weighted by atomic mass is 35.5. The quantitative estimate of drug-likeness (QED) is 0.0744. The minimum Gasteiger partial charge on any atom is -0.484 e. The van der Waals surface area contributed by atoms with Crippen LogP contribution in [0.5, 0.6) is 17.2 Å². The van der Waals surface area contributed by atoms with Crippen molar-refractivity contribution in [1.29, 1.82) is 0 Å². The lowest BCUT2D eigenvalue weighted by molar-refractivity contribution is -0.386. The number of fused-ring (bicyclic) bond motifs is 1. The number of hydrogen-bond acceptors (Lipinski definition) is 14. The number of anilines is 1. The number of aromatic nitrogens is 2. The summed E-state index contributed by atoms with van der Waals surface area (Å²) in [5.41, 5.74) is 4.49. The summed E-state index contributed by atoms with van der Waals surface area (Å²) in [4.78, 5) is 53.8. The molecule has 3 aliphatic heterocycles. The number of carbonyl (C=O) groups excluding carboxylic acids is 2. The zero-order valence-electron chi connectivity index (χ0n) is 38.9. The minimum atomic E-state index is -4.67. The molecule has 2 aromatic heterocycles. The average molecular weight is 986 g/mol.